The van der Waals surface area contributed by atoms with Gasteiger partial charge in [-0.3, -0.25) is 0 Å². The zero-order chi connectivity index (χ0) is 15.3. The summed E-state index contributed by atoms with van der Waals surface area (Å²) < 4.78 is 0. The van der Waals surface area contributed by atoms with Crippen LogP contribution in [0.1, 0.15) is 52.4 Å². The van der Waals surface area contributed by atoms with Gasteiger partial charge in [-0.1, -0.05) is 25.4 Å². The van der Waals surface area contributed by atoms with Crippen LogP contribution in [0.2, 0.25) is 0 Å². The highest BCUT2D eigenvalue weighted by molar-refractivity contribution is 5.85. The first kappa shape index (κ1) is 16.6. The molecule has 1 unspecified atom stereocenters. The second-order valence-corrected chi connectivity index (χ2v) is 7.41. The summed E-state index contributed by atoms with van der Waals surface area (Å²) in [6, 6.07) is 0.927. The van der Waals surface area contributed by atoms with Crippen LogP contribution in [-0.4, -0.2) is 48.2 Å². The SMILES string of the molecule is CC(C)(CCCCNCC1CCN(C2CC2)C1)C(N)=NO. The third kappa shape index (κ3) is 5.15. The molecule has 0 radical (unpaired) electrons. The molecule has 1 saturated carbocycles. The van der Waals surface area contributed by atoms with Crippen molar-refractivity contribution in [1.82, 2.24) is 10.2 Å². The van der Waals surface area contributed by atoms with Crippen LogP contribution >= 0.6 is 0 Å². The van der Waals surface area contributed by atoms with Gasteiger partial charge in [0.25, 0.3) is 0 Å². The van der Waals surface area contributed by atoms with Gasteiger partial charge >= 0.3 is 0 Å². The number of oxime groups is 1. The van der Waals surface area contributed by atoms with Gasteiger partial charge in [-0.25, -0.2) is 0 Å². The largest absolute Gasteiger partial charge is 0.409 e. The van der Waals surface area contributed by atoms with Crippen molar-refractivity contribution in [1.29, 1.82) is 0 Å². The molecule has 1 aliphatic carbocycles. The van der Waals surface area contributed by atoms with E-state index in [-0.39, 0.29) is 5.41 Å². The number of likely N-dealkylation sites (tertiary alicyclic amines) is 1. The van der Waals surface area contributed by atoms with Crippen molar-refractivity contribution in [3.8, 4) is 0 Å². The number of unbranched alkanes of at least 4 members (excludes halogenated alkanes) is 1. The highest BCUT2D eigenvalue weighted by Gasteiger charge is 2.33. The molecule has 0 aromatic rings. The van der Waals surface area contributed by atoms with Crippen molar-refractivity contribution < 1.29 is 5.21 Å². The number of hydrogen-bond acceptors (Lipinski definition) is 4. The molecule has 0 amide bonds. The van der Waals surface area contributed by atoms with Crippen molar-refractivity contribution in [2.75, 3.05) is 26.2 Å². The molecule has 122 valence electrons. The smallest absolute Gasteiger partial charge is 0.144 e. The molecule has 0 aromatic heterocycles. The zero-order valence-corrected chi connectivity index (χ0v) is 13.6. The van der Waals surface area contributed by atoms with Crippen LogP contribution in [0, 0.1) is 11.3 Å². The summed E-state index contributed by atoms with van der Waals surface area (Å²) in [4.78, 5) is 2.67. The van der Waals surface area contributed by atoms with Gasteiger partial charge in [0.2, 0.25) is 0 Å². The lowest BCUT2D eigenvalue weighted by Gasteiger charge is -2.22. The average molecular weight is 296 g/mol. The molecule has 0 spiro atoms. The van der Waals surface area contributed by atoms with E-state index in [1.165, 1.54) is 32.4 Å². The van der Waals surface area contributed by atoms with Crippen LogP contribution in [0.3, 0.4) is 0 Å². The van der Waals surface area contributed by atoms with Crippen LogP contribution < -0.4 is 11.1 Å². The standard InChI is InChI=1S/C16H32N4O/c1-16(2,15(17)19-21)8-3-4-9-18-11-13-7-10-20(12-13)14-5-6-14/h13-14,18,21H,3-12H2,1-2H3,(H2,17,19). The predicted molar refractivity (Wildman–Crippen MR) is 86.6 cm³/mol. The first-order valence-electron chi connectivity index (χ1n) is 8.45. The second-order valence-electron chi connectivity index (χ2n) is 7.41. The molecule has 2 rings (SSSR count). The molecule has 2 aliphatic rings. The molecule has 21 heavy (non-hydrogen) atoms. The van der Waals surface area contributed by atoms with E-state index in [9.17, 15) is 0 Å². The summed E-state index contributed by atoms with van der Waals surface area (Å²) in [6.45, 7) is 8.90. The summed E-state index contributed by atoms with van der Waals surface area (Å²) in [7, 11) is 0. The van der Waals surface area contributed by atoms with Gasteiger partial charge in [-0.05, 0) is 57.7 Å². The average Bonchev–Trinajstić information content (AvgIpc) is 3.21. The molecule has 1 saturated heterocycles. The topological polar surface area (TPSA) is 73.9 Å². The fraction of sp³-hybridized carbons (Fsp3) is 0.938. The lowest BCUT2D eigenvalue weighted by molar-refractivity contribution is 0.303. The van der Waals surface area contributed by atoms with E-state index in [0.717, 1.165) is 44.3 Å². The van der Waals surface area contributed by atoms with Crippen molar-refractivity contribution in [2.45, 2.75) is 58.4 Å². The van der Waals surface area contributed by atoms with Crippen LogP contribution in [0.25, 0.3) is 0 Å². The lowest BCUT2D eigenvalue weighted by atomic mass is 9.86. The molecule has 2 fully saturated rings. The van der Waals surface area contributed by atoms with Crippen LogP contribution in [0.15, 0.2) is 5.16 Å². The summed E-state index contributed by atoms with van der Waals surface area (Å²) >= 11 is 0. The summed E-state index contributed by atoms with van der Waals surface area (Å²) in [5.41, 5.74) is 5.49. The number of nitrogens with one attached hydrogen (secondary N) is 1. The molecule has 1 heterocycles. The Balaban J connectivity index is 1.49. The molecule has 1 aliphatic heterocycles. The quantitative estimate of drug-likeness (QED) is 0.200. The van der Waals surface area contributed by atoms with E-state index < -0.39 is 0 Å². The Morgan fingerprint density at radius 1 is 1.33 bits per heavy atom. The van der Waals surface area contributed by atoms with Gasteiger partial charge in [0.1, 0.15) is 5.84 Å². The van der Waals surface area contributed by atoms with Crippen LogP contribution in [0.5, 0.6) is 0 Å². The van der Waals surface area contributed by atoms with Crippen molar-refractivity contribution in [2.24, 2.45) is 22.2 Å². The van der Waals surface area contributed by atoms with E-state index in [2.05, 4.69) is 15.4 Å². The Kier molecular flexibility index (Phi) is 5.88. The van der Waals surface area contributed by atoms with Gasteiger partial charge < -0.3 is 21.2 Å². The molecule has 1 atom stereocenters. The van der Waals surface area contributed by atoms with Crippen LogP contribution in [-0.2, 0) is 0 Å². The molecule has 0 bridgehead atoms. The van der Waals surface area contributed by atoms with E-state index in [0.29, 0.717) is 5.84 Å². The first-order chi connectivity index (χ1) is 10.0. The summed E-state index contributed by atoms with van der Waals surface area (Å²) in [6.07, 6.45) is 7.44. The van der Waals surface area contributed by atoms with Crippen molar-refractivity contribution >= 4 is 5.84 Å². The van der Waals surface area contributed by atoms with Gasteiger partial charge in [-0.2, -0.15) is 0 Å². The Labute approximate surface area is 128 Å². The Morgan fingerprint density at radius 2 is 2.10 bits per heavy atom. The minimum Gasteiger partial charge on any atom is -0.409 e. The van der Waals surface area contributed by atoms with E-state index in [1.807, 2.05) is 13.8 Å². The maximum Gasteiger partial charge on any atom is 0.144 e. The normalized spacial score (nSPS) is 24.7. The molecule has 5 heteroatoms. The van der Waals surface area contributed by atoms with E-state index in [1.54, 1.807) is 0 Å². The maximum atomic E-state index is 8.74. The molecule has 5 nitrogen and oxygen atoms in total. The Hall–Kier alpha value is -0.810. The van der Waals surface area contributed by atoms with Gasteiger partial charge in [0.05, 0.1) is 0 Å². The Bertz CT molecular complexity index is 352. The number of rotatable bonds is 9. The van der Waals surface area contributed by atoms with Crippen molar-refractivity contribution in [3.63, 3.8) is 0 Å². The Morgan fingerprint density at radius 3 is 2.76 bits per heavy atom. The number of hydrogen-bond donors (Lipinski definition) is 3. The summed E-state index contributed by atoms with van der Waals surface area (Å²) in [5.74, 6) is 1.18. The highest BCUT2D eigenvalue weighted by Crippen LogP contribution is 2.31. The van der Waals surface area contributed by atoms with Gasteiger partial charge in [0, 0.05) is 18.0 Å². The minimum absolute atomic E-state index is 0.203. The molecular formula is C16H32N4O. The summed E-state index contributed by atoms with van der Waals surface area (Å²) in [5, 5.41) is 15.5. The number of nitrogens with two attached hydrogens (primary N) is 1. The monoisotopic (exact) mass is 296 g/mol. The fourth-order valence-electron chi connectivity index (χ4n) is 3.19. The number of amidine groups is 1. The van der Waals surface area contributed by atoms with E-state index in [4.69, 9.17) is 10.9 Å². The third-order valence-electron chi connectivity index (χ3n) is 5.02. The maximum absolute atomic E-state index is 8.74. The second kappa shape index (κ2) is 7.45. The van der Waals surface area contributed by atoms with Crippen molar-refractivity contribution in [3.05, 3.63) is 0 Å². The molecule has 0 aromatic carbocycles. The van der Waals surface area contributed by atoms with Gasteiger partial charge in [-0.15, -0.1) is 0 Å². The molecular weight excluding hydrogens is 264 g/mol. The first-order valence-corrected chi connectivity index (χ1v) is 8.45. The highest BCUT2D eigenvalue weighted by atomic mass is 16.4. The third-order valence-corrected chi connectivity index (χ3v) is 5.02. The fourth-order valence-corrected chi connectivity index (χ4v) is 3.19. The molecule has 4 N–H and O–H groups in total. The minimum atomic E-state index is -0.203. The lowest BCUT2D eigenvalue weighted by Crippen LogP contribution is -2.32. The number of nitrogens with zero attached hydrogens (tertiary/aromatic N) is 2. The zero-order valence-electron chi connectivity index (χ0n) is 13.6. The van der Waals surface area contributed by atoms with Crippen LogP contribution in [0.4, 0.5) is 0 Å². The van der Waals surface area contributed by atoms with Gasteiger partial charge in [0.15, 0.2) is 0 Å². The van der Waals surface area contributed by atoms with E-state index >= 15 is 0 Å². The predicted octanol–water partition coefficient (Wildman–Crippen LogP) is 2.00.